The van der Waals surface area contributed by atoms with E-state index in [2.05, 4.69) is 5.32 Å². The predicted octanol–water partition coefficient (Wildman–Crippen LogP) is 2.88. The van der Waals surface area contributed by atoms with E-state index in [0.29, 0.717) is 11.5 Å². The molecular weight excluding hydrogens is 302 g/mol. The third-order valence-electron chi connectivity index (χ3n) is 4.33. The fourth-order valence-electron chi connectivity index (χ4n) is 3.09. The summed E-state index contributed by atoms with van der Waals surface area (Å²) >= 11 is 0. The van der Waals surface area contributed by atoms with Crippen molar-refractivity contribution in [3.05, 3.63) is 65.7 Å². The number of anilines is 1. The normalized spacial score (nSPS) is 16.8. The topological polar surface area (TPSA) is 75.4 Å². The summed E-state index contributed by atoms with van der Waals surface area (Å²) in [5, 5.41) is 2.92. The van der Waals surface area contributed by atoms with Crippen LogP contribution in [-0.4, -0.2) is 29.9 Å². The molecule has 124 valence electrons. The lowest BCUT2D eigenvalue weighted by atomic mass is 9.97. The number of benzene rings is 2. The van der Waals surface area contributed by atoms with Crippen LogP contribution in [0.15, 0.2) is 54.6 Å². The molecule has 2 aromatic rings. The van der Waals surface area contributed by atoms with Crippen LogP contribution >= 0.6 is 0 Å². The van der Waals surface area contributed by atoms with Gasteiger partial charge in [-0.1, -0.05) is 30.3 Å². The number of carbonyl (C=O) groups is 2. The van der Waals surface area contributed by atoms with Gasteiger partial charge < -0.3 is 16.0 Å². The lowest BCUT2D eigenvalue weighted by molar-refractivity contribution is 0.1000. The first-order chi connectivity index (χ1) is 11.6. The molecule has 1 aliphatic heterocycles. The zero-order valence-electron chi connectivity index (χ0n) is 13.4. The molecule has 5 nitrogen and oxygen atoms in total. The molecule has 5 heteroatoms. The number of likely N-dealkylation sites (tertiary alicyclic amines) is 1. The third-order valence-corrected chi connectivity index (χ3v) is 4.33. The minimum Gasteiger partial charge on any atom is -0.366 e. The highest BCUT2D eigenvalue weighted by Gasteiger charge is 2.26. The fraction of sp³-hybridized carbons (Fsp3) is 0.263. The maximum Gasteiger partial charge on any atom is 0.321 e. The molecule has 0 bridgehead atoms. The van der Waals surface area contributed by atoms with E-state index in [-0.39, 0.29) is 6.03 Å². The first kappa shape index (κ1) is 16.1. The summed E-state index contributed by atoms with van der Waals surface area (Å²) in [6.07, 6.45) is 1.80. The molecule has 24 heavy (non-hydrogen) atoms. The first-order valence-electron chi connectivity index (χ1n) is 8.11. The van der Waals surface area contributed by atoms with Crippen molar-refractivity contribution in [3.8, 4) is 0 Å². The van der Waals surface area contributed by atoms with Crippen LogP contribution in [0.3, 0.4) is 0 Å². The van der Waals surface area contributed by atoms with Gasteiger partial charge in [-0.2, -0.15) is 0 Å². The second kappa shape index (κ2) is 7.17. The fourth-order valence-corrected chi connectivity index (χ4v) is 3.09. The van der Waals surface area contributed by atoms with Crippen molar-refractivity contribution in [2.45, 2.75) is 12.8 Å². The molecule has 1 saturated heterocycles. The summed E-state index contributed by atoms with van der Waals surface area (Å²) in [5.41, 5.74) is 7.75. The zero-order chi connectivity index (χ0) is 16.9. The average Bonchev–Trinajstić information content (AvgIpc) is 3.04. The Morgan fingerprint density at radius 3 is 2.67 bits per heavy atom. The van der Waals surface area contributed by atoms with E-state index >= 15 is 0 Å². The summed E-state index contributed by atoms with van der Waals surface area (Å²) < 4.78 is 0. The Kier molecular flexibility index (Phi) is 4.79. The standard InChI is InChI=1S/C19H21N3O2/c20-18(23)16-6-4-5-14(12-16)11-15-9-10-22(13-15)19(24)21-17-7-2-1-3-8-17/h1-8,12,15H,9-11,13H2,(H2,20,23)(H,21,24)/t15-/m0/s1. The number of carbonyl (C=O) groups excluding carboxylic acids is 2. The van der Waals surface area contributed by atoms with Gasteiger partial charge in [0.2, 0.25) is 5.91 Å². The number of rotatable bonds is 4. The molecular formula is C19H21N3O2. The molecule has 0 aliphatic carbocycles. The summed E-state index contributed by atoms with van der Waals surface area (Å²) in [6, 6.07) is 16.8. The molecule has 1 fully saturated rings. The Morgan fingerprint density at radius 2 is 1.92 bits per heavy atom. The SMILES string of the molecule is NC(=O)c1cccc(C[C@@H]2CCN(C(=O)Nc3ccccc3)C2)c1. The number of nitrogens with zero attached hydrogens (tertiary/aromatic N) is 1. The summed E-state index contributed by atoms with van der Waals surface area (Å²) in [5.74, 6) is -0.0122. The molecule has 2 aromatic carbocycles. The Hall–Kier alpha value is -2.82. The highest BCUT2D eigenvalue weighted by molar-refractivity contribution is 5.92. The van der Waals surface area contributed by atoms with Gasteiger partial charge in [0.15, 0.2) is 0 Å². The maximum absolute atomic E-state index is 12.3. The van der Waals surface area contributed by atoms with Crippen molar-refractivity contribution in [1.29, 1.82) is 0 Å². The molecule has 3 N–H and O–H groups in total. The van der Waals surface area contributed by atoms with Gasteiger partial charge in [-0.05, 0) is 48.6 Å². The highest BCUT2D eigenvalue weighted by Crippen LogP contribution is 2.22. The molecule has 0 aromatic heterocycles. The molecule has 1 heterocycles. The van der Waals surface area contributed by atoms with Gasteiger partial charge in [0.05, 0.1) is 0 Å². The average molecular weight is 323 g/mol. The molecule has 3 amide bonds. The van der Waals surface area contributed by atoms with Crippen LogP contribution < -0.4 is 11.1 Å². The molecule has 0 saturated carbocycles. The Balaban J connectivity index is 1.56. The number of hydrogen-bond donors (Lipinski definition) is 2. The van der Waals surface area contributed by atoms with E-state index in [1.165, 1.54) is 0 Å². The molecule has 1 aliphatic rings. The molecule has 1 atom stereocenters. The van der Waals surface area contributed by atoms with Crippen LogP contribution in [0.1, 0.15) is 22.3 Å². The van der Waals surface area contributed by atoms with Crippen LogP contribution in [0.25, 0.3) is 0 Å². The monoisotopic (exact) mass is 323 g/mol. The summed E-state index contributed by atoms with van der Waals surface area (Å²) in [7, 11) is 0. The number of amides is 3. The minimum absolute atomic E-state index is 0.0606. The number of nitrogens with two attached hydrogens (primary N) is 1. The first-order valence-corrected chi connectivity index (χ1v) is 8.11. The van der Waals surface area contributed by atoms with E-state index < -0.39 is 5.91 Å². The van der Waals surface area contributed by atoms with Gasteiger partial charge in [0, 0.05) is 24.3 Å². The number of para-hydroxylation sites is 1. The summed E-state index contributed by atoms with van der Waals surface area (Å²) in [4.78, 5) is 25.4. The van der Waals surface area contributed by atoms with Crippen molar-refractivity contribution in [1.82, 2.24) is 4.90 Å². The molecule has 0 spiro atoms. The highest BCUT2D eigenvalue weighted by atomic mass is 16.2. The van der Waals surface area contributed by atoms with E-state index in [9.17, 15) is 9.59 Å². The van der Waals surface area contributed by atoms with Crippen LogP contribution in [0.2, 0.25) is 0 Å². The Bertz CT molecular complexity index is 730. The molecule has 0 radical (unpaired) electrons. The van der Waals surface area contributed by atoms with E-state index in [1.54, 1.807) is 6.07 Å². The minimum atomic E-state index is -0.410. The lowest BCUT2D eigenvalue weighted by Gasteiger charge is -2.17. The van der Waals surface area contributed by atoms with E-state index in [1.807, 2.05) is 53.4 Å². The molecule has 3 rings (SSSR count). The van der Waals surface area contributed by atoms with Crippen molar-refractivity contribution >= 4 is 17.6 Å². The van der Waals surface area contributed by atoms with Crippen LogP contribution in [0, 0.1) is 5.92 Å². The quantitative estimate of drug-likeness (QED) is 0.908. The number of hydrogen-bond acceptors (Lipinski definition) is 2. The Labute approximate surface area is 141 Å². The smallest absolute Gasteiger partial charge is 0.321 e. The second-order valence-corrected chi connectivity index (χ2v) is 6.17. The van der Waals surface area contributed by atoms with Crippen LogP contribution in [0.5, 0.6) is 0 Å². The van der Waals surface area contributed by atoms with E-state index in [0.717, 1.165) is 37.2 Å². The van der Waals surface area contributed by atoms with Crippen LogP contribution in [-0.2, 0) is 6.42 Å². The largest absolute Gasteiger partial charge is 0.366 e. The van der Waals surface area contributed by atoms with Crippen molar-refractivity contribution in [2.24, 2.45) is 11.7 Å². The van der Waals surface area contributed by atoms with E-state index in [4.69, 9.17) is 5.73 Å². The van der Waals surface area contributed by atoms with Gasteiger partial charge >= 0.3 is 6.03 Å². The van der Waals surface area contributed by atoms with Crippen molar-refractivity contribution < 1.29 is 9.59 Å². The predicted molar refractivity (Wildman–Crippen MR) is 93.8 cm³/mol. The Morgan fingerprint density at radius 1 is 1.12 bits per heavy atom. The van der Waals surface area contributed by atoms with Gasteiger partial charge in [-0.25, -0.2) is 4.79 Å². The van der Waals surface area contributed by atoms with Gasteiger partial charge in [-0.3, -0.25) is 4.79 Å². The van der Waals surface area contributed by atoms with Gasteiger partial charge in [-0.15, -0.1) is 0 Å². The van der Waals surface area contributed by atoms with Crippen LogP contribution in [0.4, 0.5) is 10.5 Å². The number of nitrogens with one attached hydrogen (secondary N) is 1. The second-order valence-electron chi connectivity index (χ2n) is 6.17. The van der Waals surface area contributed by atoms with Crippen molar-refractivity contribution in [2.75, 3.05) is 18.4 Å². The van der Waals surface area contributed by atoms with Gasteiger partial charge in [0.25, 0.3) is 0 Å². The number of primary amides is 1. The lowest BCUT2D eigenvalue weighted by Crippen LogP contribution is -2.33. The summed E-state index contributed by atoms with van der Waals surface area (Å²) in [6.45, 7) is 1.47. The zero-order valence-corrected chi connectivity index (χ0v) is 13.4. The van der Waals surface area contributed by atoms with Crippen molar-refractivity contribution in [3.63, 3.8) is 0 Å². The van der Waals surface area contributed by atoms with Gasteiger partial charge in [0.1, 0.15) is 0 Å². The maximum atomic E-state index is 12.3. The molecule has 0 unspecified atom stereocenters. The number of urea groups is 1. The third kappa shape index (κ3) is 3.93.